The zero-order valence-electron chi connectivity index (χ0n) is 12.3. The van der Waals surface area contributed by atoms with Crippen molar-refractivity contribution in [1.82, 2.24) is 5.32 Å². The molecule has 0 aromatic heterocycles. The van der Waals surface area contributed by atoms with Gasteiger partial charge in [-0.2, -0.15) is 13.2 Å². The van der Waals surface area contributed by atoms with E-state index in [9.17, 15) is 26.4 Å². The molecule has 0 bridgehead atoms. The molecule has 0 fully saturated rings. The van der Waals surface area contributed by atoms with Gasteiger partial charge in [-0.3, -0.25) is 9.10 Å². The number of amides is 1. The summed E-state index contributed by atoms with van der Waals surface area (Å²) in [6.45, 7) is 2.79. The first kappa shape index (κ1) is 18.3. The van der Waals surface area contributed by atoms with Crippen LogP contribution in [0.2, 0.25) is 0 Å². The van der Waals surface area contributed by atoms with E-state index in [1.54, 1.807) is 13.8 Å². The Morgan fingerprint density at radius 3 is 2.36 bits per heavy atom. The second kappa shape index (κ2) is 6.55. The third-order valence-corrected chi connectivity index (χ3v) is 3.74. The Hall–Kier alpha value is -1.77. The number of sulfonamides is 1. The normalized spacial score (nSPS) is 12.3. The van der Waals surface area contributed by atoms with E-state index >= 15 is 0 Å². The first-order chi connectivity index (χ1) is 9.91. The van der Waals surface area contributed by atoms with Crippen LogP contribution < -0.4 is 9.62 Å². The highest BCUT2D eigenvalue weighted by Gasteiger charge is 2.31. The van der Waals surface area contributed by atoms with Gasteiger partial charge in [0.05, 0.1) is 17.5 Å². The molecule has 1 amide bonds. The zero-order chi connectivity index (χ0) is 17.1. The number of halogens is 3. The van der Waals surface area contributed by atoms with Gasteiger partial charge in [0, 0.05) is 6.04 Å². The van der Waals surface area contributed by atoms with E-state index in [2.05, 4.69) is 5.32 Å². The van der Waals surface area contributed by atoms with Crippen LogP contribution in [0.3, 0.4) is 0 Å². The van der Waals surface area contributed by atoms with E-state index in [1.807, 2.05) is 0 Å². The fourth-order valence-corrected chi connectivity index (χ4v) is 2.58. The summed E-state index contributed by atoms with van der Waals surface area (Å²) in [5.74, 6) is -0.599. The lowest BCUT2D eigenvalue weighted by Crippen LogP contribution is -2.42. The lowest BCUT2D eigenvalue weighted by Gasteiger charge is -2.23. The van der Waals surface area contributed by atoms with Crippen LogP contribution in [0.4, 0.5) is 18.9 Å². The quantitative estimate of drug-likeness (QED) is 0.893. The van der Waals surface area contributed by atoms with E-state index in [0.717, 1.165) is 18.4 Å². The standard InChI is InChI=1S/C13H17F3N2O3S/c1-9(2)17-12(19)8-18(22(3,20)21)11-6-4-5-10(7-11)13(14,15)16/h4-7,9H,8H2,1-3H3,(H,17,19). The molecule has 0 saturated carbocycles. The topological polar surface area (TPSA) is 66.5 Å². The van der Waals surface area contributed by atoms with Crippen LogP contribution in [0.1, 0.15) is 19.4 Å². The molecule has 0 aliphatic rings. The molecule has 0 spiro atoms. The van der Waals surface area contributed by atoms with Gasteiger partial charge in [-0.05, 0) is 32.0 Å². The molecule has 1 rings (SSSR count). The molecule has 5 nitrogen and oxygen atoms in total. The third-order valence-electron chi connectivity index (χ3n) is 2.60. The Morgan fingerprint density at radius 1 is 1.32 bits per heavy atom. The maximum absolute atomic E-state index is 12.7. The molecule has 0 saturated heterocycles. The Labute approximate surface area is 127 Å². The average Bonchev–Trinajstić information content (AvgIpc) is 2.33. The molecule has 0 radical (unpaired) electrons. The Morgan fingerprint density at radius 2 is 1.91 bits per heavy atom. The number of nitrogens with zero attached hydrogens (tertiary/aromatic N) is 1. The van der Waals surface area contributed by atoms with E-state index in [1.165, 1.54) is 6.07 Å². The monoisotopic (exact) mass is 338 g/mol. The molecule has 0 aliphatic carbocycles. The van der Waals surface area contributed by atoms with Crippen LogP contribution in [0.15, 0.2) is 24.3 Å². The number of carbonyl (C=O) groups excluding carboxylic acids is 1. The number of anilines is 1. The summed E-state index contributed by atoms with van der Waals surface area (Å²) in [5.41, 5.74) is -1.20. The number of hydrogen-bond donors (Lipinski definition) is 1. The number of rotatable bonds is 5. The minimum absolute atomic E-state index is 0.212. The van der Waals surface area contributed by atoms with Gasteiger partial charge in [0.2, 0.25) is 15.9 Å². The van der Waals surface area contributed by atoms with Crippen molar-refractivity contribution in [3.63, 3.8) is 0 Å². The molecule has 1 aromatic carbocycles. The van der Waals surface area contributed by atoms with Crippen molar-refractivity contribution in [3.05, 3.63) is 29.8 Å². The molecule has 22 heavy (non-hydrogen) atoms. The van der Waals surface area contributed by atoms with Crippen LogP contribution in [0.5, 0.6) is 0 Å². The highest BCUT2D eigenvalue weighted by Crippen LogP contribution is 2.32. The van der Waals surface area contributed by atoms with Gasteiger partial charge in [0.25, 0.3) is 0 Å². The van der Waals surface area contributed by atoms with E-state index in [0.29, 0.717) is 10.4 Å². The maximum Gasteiger partial charge on any atom is 0.416 e. The number of benzene rings is 1. The van der Waals surface area contributed by atoms with Gasteiger partial charge in [-0.25, -0.2) is 8.42 Å². The minimum atomic E-state index is -4.60. The van der Waals surface area contributed by atoms with Crippen molar-refractivity contribution in [2.45, 2.75) is 26.1 Å². The van der Waals surface area contributed by atoms with Gasteiger partial charge >= 0.3 is 6.18 Å². The van der Waals surface area contributed by atoms with Gasteiger partial charge < -0.3 is 5.32 Å². The van der Waals surface area contributed by atoms with Gasteiger partial charge in [0.1, 0.15) is 6.54 Å². The van der Waals surface area contributed by atoms with Crippen LogP contribution in [0.25, 0.3) is 0 Å². The summed E-state index contributed by atoms with van der Waals surface area (Å²) < 4.78 is 62.3. The molecule has 0 unspecified atom stereocenters. The first-order valence-corrected chi connectivity index (χ1v) is 8.20. The van der Waals surface area contributed by atoms with Crippen molar-refractivity contribution in [2.24, 2.45) is 0 Å². The molecule has 0 heterocycles. The summed E-state index contributed by atoms with van der Waals surface area (Å²) in [7, 11) is -3.91. The molecule has 124 valence electrons. The molecule has 0 atom stereocenters. The Kier molecular flexibility index (Phi) is 5.44. The van der Waals surface area contributed by atoms with E-state index < -0.39 is 34.2 Å². The largest absolute Gasteiger partial charge is 0.416 e. The number of alkyl halides is 3. The van der Waals surface area contributed by atoms with E-state index in [-0.39, 0.29) is 11.7 Å². The molecule has 1 N–H and O–H groups in total. The Bertz CT molecular complexity index is 642. The van der Waals surface area contributed by atoms with Crippen LogP contribution in [0, 0.1) is 0 Å². The predicted octanol–water partition coefficient (Wildman–Crippen LogP) is 2.00. The summed E-state index contributed by atoms with van der Waals surface area (Å²) >= 11 is 0. The van der Waals surface area contributed by atoms with Crippen molar-refractivity contribution >= 4 is 21.6 Å². The number of nitrogens with one attached hydrogen (secondary N) is 1. The fraction of sp³-hybridized carbons (Fsp3) is 0.462. The van der Waals surface area contributed by atoms with Crippen LogP contribution >= 0.6 is 0 Å². The average molecular weight is 338 g/mol. The lowest BCUT2D eigenvalue weighted by atomic mass is 10.2. The van der Waals surface area contributed by atoms with Crippen LogP contribution in [-0.4, -0.2) is 33.2 Å². The number of carbonyl (C=O) groups is 1. The van der Waals surface area contributed by atoms with Crippen molar-refractivity contribution in [1.29, 1.82) is 0 Å². The molecular weight excluding hydrogens is 321 g/mol. The Balaban J connectivity index is 3.17. The third kappa shape index (κ3) is 5.21. The first-order valence-electron chi connectivity index (χ1n) is 6.35. The molecule has 1 aromatic rings. The van der Waals surface area contributed by atoms with Gasteiger partial charge in [-0.1, -0.05) is 6.07 Å². The van der Waals surface area contributed by atoms with E-state index in [4.69, 9.17) is 0 Å². The molecule has 9 heteroatoms. The summed E-state index contributed by atoms with van der Waals surface area (Å²) in [6.07, 6.45) is -3.77. The van der Waals surface area contributed by atoms with Crippen molar-refractivity contribution in [2.75, 3.05) is 17.1 Å². The highest BCUT2D eigenvalue weighted by molar-refractivity contribution is 7.92. The lowest BCUT2D eigenvalue weighted by molar-refractivity contribution is -0.137. The highest BCUT2D eigenvalue weighted by atomic mass is 32.2. The summed E-state index contributed by atoms with van der Waals surface area (Å²) in [5, 5.41) is 2.49. The maximum atomic E-state index is 12.7. The molecular formula is C13H17F3N2O3S. The second-order valence-electron chi connectivity index (χ2n) is 5.04. The van der Waals surface area contributed by atoms with Gasteiger partial charge in [0.15, 0.2) is 0 Å². The van der Waals surface area contributed by atoms with Crippen molar-refractivity contribution in [3.8, 4) is 0 Å². The zero-order valence-corrected chi connectivity index (χ0v) is 13.1. The van der Waals surface area contributed by atoms with Gasteiger partial charge in [-0.15, -0.1) is 0 Å². The second-order valence-corrected chi connectivity index (χ2v) is 6.95. The minimum Gasteiger partial charge on any atom is -0.352 e. The SMILES string of the molecule is CC(C)NC(=O)CN(c1cccc(C(F)(F)F)c1)S(C)(=O)=O. The van der Waals surface area contributed by atoms with Crippen molar-refractivity contribution < 1.29 is 26.4 Å². The smallest absolute Gasteiger partial charge is 0.352 e. The predicted molar refractivity (Wildman–Crippen MR) is 76.9 cm³/mol. The number of hydrogen-bond acceptors (Lipinski definition) is 3. The summed E-state index contributed by atoms with van der Waals surface area (Å²) in [4.78, 5) is 11.7. The molecule has 0 aliphatic heterocycles. The fourth-order valence-electron chi connectivity index (χ4n) is 1.74. The summed E-state index contributed by atoms with van der Waals surface area (Å²) in [6, 6.07) is 3.62. The van der Waals surface area contributed by atoms with Crippen LogP contribution in [-0.2, 0) is 21.0 Å².